The molecule has 0 aliphatic carbocycles. The number of ether oxygens (including phenoxy) is 1. The number of carbonyl (C=O) groups excluding carboxylic acids is 2. The largest absolute Gasteiger partial charge is 0.489 e. The minimum Gasteiger partial charge on any atom is -0.489 e. The molecule has 0 bridgehead atoms. The van der Waals surface area contributed by atoms with Crippen LogP contribution >= 0.6 is 0 Å². The summed E-state index contributed by atoms with van der Waals surface area (Å²) in [5, 5.41) is 2.98. The molecule has 0 spiro atoms. The van der Waals surface area contributed by atoms with E-state index in [4.69, 9.17) is 10.5 Å². The van der Waals surface area contributed by atoms with Gasteiger partial charge in [-0.3, -0.25) is 9.59 Å². The minimum absolute atomic E-state index is 0.236. The van der Waals surface area contributed by atoms with Crippen LogP contribution in [-0.4, -0.2) is 24.9 Å². The topological polar surface area (TPSA) is 84.7 Å². The molecule has 164 valence electrons. The zero-order valence-corrected chi connectivity index (χ0v) is 17.9. The Morgan fingerprint density at radius 1 is 0.875 bits per heavy atom. The van der Waals surface area contributed by atoms with Gasteiger partial charge < -0.3 is 20.7 Å². The fourth-order valence-corrected chi connectivity index (χ4v) is 3.83. The van der Waals surface area contributed by atoms with Crippen LogP contribution in [0.1, 0.15) is 45.5 Å². The number of piperidine rings is 1. The van der Waals surface area contributed by atoms with Crippen LogP contribution in [-0.2, 0) is 6.61 Å². The summed E-state index contributed by atoms with van der Waals surface area (Å²) < 4.78 is 5.76. The van der Waals surface area contributed by atoms with Gasteiger partial charge in [0.2, 0.25) is 5.91 Å². The summed E-state index contributed by atoms with van der Waals surface area (Å²) in [7, 11) is 0. The molecule has 6 nitrogen and oxygen atoms in total. The summed E-state index contributed by atoms with van der Waals surface area (Å²) in [5.41, 5.74) is 8.85. The number of nitrogens with two attached hydrogens (primary N) is 1. The van der Waals surface area contributed by atoms with E-state index in [0.29, 0.717) is 23.4 Å². The lowest BCUT2D eigenvalue weighted by Gasteiger charge is -2.30. The van der Waals surface area contributed by atoms with Crippen molar-refractivity contribution in [2.24, 2.45) is 5.73 Å². The van der Waals surface area contributed by atoms with Crippen LogP contribution < -0.4 is 20.7 Å². The van der Waals surface area contributed by atoms with E-state index in [0.717, 1.165) is 42.9 Å². The van der Waals surface area contributed by atoms with E-state index in [1.807, 2.05) is 48.5 Å². The molecule has 0 unspecified atom stereocenters. The van der Waals surface area contributed by atoms with Gasteiger partial charge in [-0.15, -0.1) is 0 Å². The Balaban J connectivity index is 1.47. The second-order valence-corrected chi connectivity index (χ2v) is 7.90. The predicted molar refractivity (Wildman–Crippen MR) is 126 cm³/mol. The summed E-state index contributed by atoms with van der Waals surface area (Å²) in [6, 6.07) is 22.1. The fourth-order valence-electron chi connectivity index (χ4n) is 3.83. The maximum absolute atomic E-state index is 12.9. The number of rotatable bonds is 7. The molecule has 0 aromatic heterocycles. The van der Waals surface area contributed by atoms with Crippen molar-refractivity contribution < 1.29 is 14.3 Å². The normalized spacial score (nSPS) is 13.4. The molecule has 1 aliphatic heterocycles. The maximum atomic E-state index is 12.9. The third-order valence-electron chi connectivity index (χ3n) is 5.59. The van der Waals surface area contributed by atoms with Gasteiger partial charge in [-0.1, -0.05) is 30.3 Å². The Morgan fingerprint density at radius 2 is 1.56 bits per heavy atom. The van der Waals surface area contributed by atoms with E-state index in [1.165, 1.54) is 6.42 Å². The molecule has 0 saturated carbocycles. The van der Waals surface area contributed by atoms with Crippen molar-refractivity contribution >= 4 is 23.2 Å². The SMILES string of the molecule is NC(=O)c1ccc(N2CCCCC2)c(NC(=O)c2ccc(COc3ccccc3)cc2)c1. The Hall–Kier alpha value is -3.80. The Labute approximate surface area is 188 Å². The number of primary amides is 1. The van der Waals surface area contributed by atoms with E-state index in [1.54, 1.807) is 24.3 Å². The summed E-state index contributed by atoms with van der Waals surface area (Å²) in [5.74, 6) is 0.0442. The molecular weight excluding hydrogens is 402 g/mol. The Bertz CT molecular complexity index is 1080. The number of benzene rings is 3. The highest BCUT2D eigenvalue weighted by Crippen LogP contribution is 2.30. The molecule has 3 aromatic carbocycles. The molecule has 1 fully saturated rings. The van der Waals surface area contributed by atoms with Crippen LogP contribution in [0, 0.1) is 0 Å². The van der Waals surface area contributed by atoms with Crippen LogP contribution in [0.3, 0.4) is 0 Å². The summed E-state index contributed by atoms with van der Waals surface area (Å²) in [6.07, 6.45) is 3.42. The molecule has 6 heteroatoms. The monoisotopic (exact) mass is 429 g/mol. The Morgan fingerprint density at radius 3 is 2.25 bits per heavy atom. The second kappa shape index (κ2) is 10.0. The molecular formula is C26H27N3O3. The van der Waals surface area contributed by atoms with Crippen molar-refractivity contribution in [2.75, 3.05) is 23.3 Å². The molecule has 0 atom stereocenters. The van der Waals surface area contributed by atoms with Crippen molar-refractivity contribution in [1.82, 2.24) is 0 Å². The number of amides is 2. The number of anilines is 2. The molecule has 0 radical (unpaired) electrons. The van der Waals surface area contributed by atoms with E-state index in [9.17, 15) is 9.59 Å². The van der Waals surface area contributed by atoms with E-state index < -0.39 is 5.91 Å². The first kappa shape index (κ1) is 21.4. The van der Waals surface area contributed by atoms with Crippen molar-refractivity contribution in [1.29, 1.82) is 0 Å². The highest BCUT2D eigenvalue weighted by atomic mass is 16.5. The van der Waals surface area contributed by atoms with Crippen LogP contribution in [0.25, 0.3) is 0 Å². The zero-order valence-electron chi connectivity index (χ0n) is 17.9. The van der Waals surface area contributed by atoms with Gasteiger partial charge in [0.15, 0.2) is 0 Å². The average molecular weight is 430 g/mol. The molecule has 2 amide bonds. The number of hydrogen-bond donors (Lipinski definition) is 2. The number of carbonyl (C=O) groups is 2. The van der Waals surface area contributed by atoms with Gasteiger partial charge in [-0.25, -0.2) is 0 Å². The molecule has 4 rings (SSSR count). The van der Waals surface area contributed by atoms with Crippen LogP contribution in [0.4, 0.5) is 11.4 Å². The third-order valence-corrected chi connectivity index (χ3v) is 5.59. The van der Waals surface area contributed by atoms with Crippen molar-refractivity contribution in [3.8, 4) is 5.75 Å². The zero-order chi connectivity index (χ0) is 22.3. The number of nitrogens with one attached hydrogen (secondary N) is 1. The average Bonchev–Trinajstić information content (AvgIpc) is 2.84. The van der Waals surface area contributed by atoms with Crippen LogP contribution in [0.2, 0.25) is 0 Å². The number of nitrogens with zero attached hydrogens (tertiary/aromatic N) is 1. The standard InChI is InChI=1S/C26H27N3O3/c27-25(30)21-13-14-24(29-15-5-2-6-16-29)23(17-21)28-26(31)20-11-9-19(10-12-20)18-32-22-7-3-1-4-8-22/h1,3-4,7-14,17H,2,5-6,15-16,18H2,(H2,27,30)(H,28,31). The lowest BCUT2D eigenvalue weighted by molar-refractivity contribution is 0.0996. The van der Waals surface area contributed by atoms with Gasteiger partial charge in [0.1, 0.15) is 12.4 Å². The van der Waals surface area contributed by atoms with E-state index in [2.05, 4.69) is 10.2 Å². The van der Waals surface area contributed by atoms with Crippen LogP contribution in [0.15, 0.2) is 72.8 Å². The van der Waals surface area contributed by atoms with Gasteiger partial charge in [0, 0.05) is 24.2 Å². The molecule has 1 aliphatic rings. The molecule has 32 heavy (non-hydrogen) atoms. The molecule has 3 N–H and O–H groups in total. The number of hydrogen-bond acceptors (Lipinski definition) is 4. The summed E-state index contributed by atoms with van der Waals surface area (Å²) in [6.45, 7) is 2.27. The predicted octanol–water partition coefficient (Wildman–Crippen LogP) is 4.61. The first-order chi connectivity index (χ1) is 15.6. The quantitative estimate of drug-likeness (QED) is 0.575. The summed E-state index contributed by atoms with van der Waals surface area (Å²) in [4.78, 5) is 26.9. The highest BCUT2D eigenvalue weighted by Gasteiger charge is 2.18. The van der Waals surface area contributed by atoms with Gasteiger partial charge in [-0.05, 0) is 67.3 Å². The molecule has 1 saturated heterocycles. The maximum Gasteiger partial charge on any atom is 0.255 e. The van der Waals surface area contributed by atoms with Gasteiger partial charge in [0.05, 0.1) is 11.4 Å². The van der Waals surface area contributed by atoms with Gasteiger partial charge in [-0.2, -0.15) is 0 Å². The van der Waals surface area contributed by atoms with E-state index >= 15 is 0 Å². The first-order valence-electron chi connectivity index (χ1n) is 10.9. The Kier molecular flexibility index (Phi) is 6.70. The second-order valence-electron chi connectivity index (χ2n) is 7.90. The third kappa shape index (κ3) is 5.27. The van der Waals surface area contributed by atoms with Crippen molar-refractivity contribution in [3.63, 3.8) is 0 Å². The number of para-hydroxylation sites is 1. The van der Waals surface area contributed by atoms with Crippen molar-refractivity contribution in [3.05, 3.63) is 89.5 Å². The smallest absolute Gasteiger partial charge is 0.255 e. The first-order valence-corrected chi connectivity index (χ1v) is 10.9. The van der Waals surface area contributed by atoms with Gasteiger partial charge >= 0.3 is 0 Å². The lowest BCUT2D eigenvalue weighted by atomic mass is 10.1. The van der Waals surface area contributed by atoms with Crippen molar-refractivity contribution in [2.45, 2.75) is 25.9 Å². The van der Waals surface area contributed by atoms with Crippen LogP contribution in [0.5, 0.6) is 5.75 Å². The fraction of sp³-hybridized carbons (Fsp3) is 0.231. The summed E-state index contributed by atoms with van der Waals surface area (Å²) >= 11 is 0. The molecule has 3 aromatic rings. The van der Waals surface area contributed by atoms with Gasteiger partial charge in [0.25, 0.3) is 5.91 Å². The highest BCUT2D eigenvalue weighted by molar-refractivity contribution is 6.07. The molecule has 1 heterocycles. The minimum atomic E-state index is -0.520. The van der Waals surface area contributed by atoms with E-state index in [-0.39, 0.29) is 5.91 Å². The lowest BCUT2D eigenvalue weighted by Crippen LogP contribution is -2.30.